The molecule has 1 aromatic rings. The number of rotatable bonds is 4. The van der Waals surface area contributed by atoms with Gasteiger partial charge in [0.05, 0.1) is 0 Å². The standard InChI is InChI=1S/C14H17NO2.C3H7N2.2Ar.2ClH.Ru/c1-11-7-3-4-8-13(11)17-12(2)14(16)15-9-5-6-10-15;1-2-5-3-4-1;;;;;/h1,3-4,7-8,12H,5-6,9-10H2,2H3;3-5H,1-2H2;;;2*1H;/q;-1;;;;;+2/p-2. The maximum atomic E-state index is 12.2. The Bertz CT molecular complexity index is 590. The molecule has 158 valence electrons. The number of nitrogens with zero attached hydrogens (tertiary/aromatic N) is 1. The van der Waals surface area contributed by atoms with E-state index >= 15 is 0 Å². The van der Waals surface area contributed by atoms with Crippen LogP contribution in [0.5, 0.6) is 5.75 Å². The molecule has 1 atom stereocenters. The number of amides is 1. The Labute approximate surface area is 234 Å². The fraction of sp³-hybridized carbons (Fsp3) is 0.471. The average Bonchev–Trinajstić information content (AvgIpc) is 3.31. The summed E-state index contributed by atoms with van der Waals surface area (Å²) in [5, 5.41) is 5.97. The minimum Gasteiger partial charge on any atom is -0.455 e. The number of ether oxygens (including phenoxy) is 1. The number of nitrogens with one attached hydrogen (secondary N) is 2. The maximum absolute atomic E-state index is 12.2. The van der Waals surface area contributed by atoms with E-state index in [9.17, 15) is 4.79 Å². The van der Waals surface area contributed by atoms with Crippen LogP contribution in [-0.2, 0) is 18.3 Å². The van der Waals surface area contributed by atoms with E-state index in [1.807, 2.05) is 40.4 Å². The molecule has 2 saturated heterocycles. The first-order valence-electron chi connectivity index (χ1n) is 8.24. The van der Waals surface area contributed by atoms with Gasteiger partial charge in [-0.15, -0.1) is 0 Å². The Balaban J connectivity index is 0.000000839. The van der Waals surface area contributed by atoms with Gasteiger partial charge in [-0.2, -0.15) is 0 Å². The zero-order chi connectivity index (χ0) is 18.1. The van der Waals surface area contributed by atoms with E-state index in [0.717, 1.165) is 44.6 Å². The van der Waals surface area contributed by atoms with Gasteiger partial charge in [-0.25, -0.2) is 6.67 Å². The van der Waals surface area contributed by atoms with E-state index in [-0.39, 0.29) is 81.4 Å². The summed E-state index contributed by atoms with van der Waals surface area (Å²) in [5.74, 6) is 0.704. The van der Waals surface area contributed by atoms with Crippen molar-refractivity contribution < 1.29 is 98.5 Å². The van der Waals surface area contributed by atoms with Crippen molar-refractivity contribution in [3.63, 3.8) is 0 Å². The average molecular weight is 554 g/mol. The van der Waals surface area contributed by atoms with E-state index in [4.69, 9.17) is 24.1 Å². The maximum Gasteiger partial charge on any atom is 0 e. The number of hydrogen-bond acceptors (Lipinski definition) is 4. The molecule has 1 aromatic carbocycles. The molecule has 0 aliphatic carbocycles. The van der Waals surface area contributed by atoms with Crippen molar-refractivity contribution in [1.29, 1.82) is 0 Å². The van der Waals surface area contributed by atoms with Gasteiger partial charge >= 0.3 is 132 Å². The molecule has 1 amide bonds. The second-order valence-corrected chi connectivity index (χ2v) is 11.4. The summed E-state index contributed by atoms with van der Waals surface area (Å²) in [6.07, 6.45) is 1.66. The van der Waals surface area contributed by atoms with E-state index in [2.05, 4.69) is 10.6 Å². The van der Waals surface area contributed by atoms with Crippen LogP contribution in [0.1, 0.15) is 25.3 Å². The number of benzene rings is 1. The van der Waals surface area contributed by atoms with Gasteiger partial charge in [0.15, 0.2) is 0 Å². The molecule has 1 unspecified atom stereocenters. The molecule has 0 spiro atoms. The third-order valence-corrected chi connectivity index (χ3v) is 5.63. The molecule has 0 bridgehead atoms. The van der Waals surface area contributed by atoms with Crippen LogP contribution in [0, 0.1) is 82.1 Å². The van der Waals surface area contributed by atoms with Gasteiger partial charge in [-0.3, -0.25) is 0 Å². The van der Waals surface area contributed by atoms with Gasteiger partial charge in [0.1, 0.15) is 0 Å². The molecule has 2 heterocycles. The number of para-hydroxylation sites is 1. The Kier molecular flexibility index (Phi) is 17.9. The molecule has 27 heavy (non-hydrogen) atoms. The van der Waals surface area contributed by atoms with Crippen molar-refractivity contribution in [1.82, 2.24) is 15.5 Å². The van der Waals surface area contributed by atoms with Gasteiger partial charge in [-0.05, 0) is 13.1 Å². The smallest absolute Gasteiger partial charge is 0 e. The molecule has 3 rings (SSSR count). The van der Waals surface area contributed by atoms with E-state index in [1.54, 1.807) is 6.92 Å². The normalized spacial score (nSPS) is 16.9. The predicted molar refractivity (Wildman–Crippen MR) is 99.5 cm³/mol. The Morgan fingerprint density at radius 2 is 1.81 bits per heavy atom. The summed E-state index contributed by atoms with van der Waals surface area (Å²) < 4.78 is 7.63. The van der Waals surface area contributed by atoms with Crippen LogP contribution in [0.3, 0.4) is 0 Å². The molecule has 2 N–H and O–H groups in total. The summed E-state index contributed by atoms with van der Waals surface area (Å²) in [4.78, 5) is 14.1. The molecule has 2 aliphatic heterocycles. The summed E-state index contributed by atoms with van der Waals surface area (Å²) in [6, 6.07) is 7.51. The van der Waals surface area contributed by atoms with Gasteiger partial charge in [0, 0.05) is 75.5 Å². The second kappa shape index (κ2) is 16.7. The van der Waals surface area contributed by atoms with Crippen molar-refractivity contribution in [2.75, 3.05) is 26.2 Å². The van der Waals surface area contributed by atoms with Crippen LogP contribution in [0.25, 0.3) is 0 Å². The summed E-state index contributed by atoms with van der Waals surface area (Å²) in [6.45, 7) is 7.48. The molecule has 2 aliphatic rings. The number of likely N-dealkylation sites (tertiary alicyclic amines) is 1. The minimum atomic E-state index is -1.91. The molecule has 0 saturated carbocycles. The number of carbonyl (C=O) groups is 1. The third-order valence-electron chi connectivity index (χ3n) is 3.79. The fourth-order valence-corrected chi connectivity index (χ4v) is 4.36. The Morgan fingerprint density at radius 3 is 2.33 bits per heavy atom. The SMILES string of the molecule is CC(Oc1ccccc1[CH]=[Ru]([Cl])[Cl])C(=O)N1CCCC1.[Ar].[Ar].[CH-]1NCCN1. The molecule has 0 radical (unpaired) electrons. The van der Waals surface area contributed by atoms with E-state index in [0.29, 0.717) is 5.75 Å². The molecular formula is C17H24Ar2Cl2N3O2Ru-. The topological polar surface area (TPSA) is 53.6 Å². The molecule has 0 aromatic heterocycles. The van der Waals surface area contributed by atoms with Gasteiger partial charge in [-0.1, -0.05) is 0 Å². The molecule has 10 heteroatoms. The van der Waals surface area contributed by atoms with E-state index in [1.165, 1.54) is 0 Å². The molecular weight excluding hydrogens is 530 g/mol. The second-order valence-electron chi connectivity index (χ2n) is 5.69. The van der Waals surface area contributed by atoms with Crippen LogP contribution >= 0.6 is 19.4 Å². The van der Waals surface area contributed by atoms with Crippen molar-refractivity contribution >= 4 is 29.9 Å². The number of halogens is 2. The molecule has 5 nitrogen and oxygen atoms in total. The van der Waals surface area contributed by atoms with Crippen LogP contribution in [0.4, 0.5) is 0 Å². The van der Waals surface area contributed by atoms with Crippen molar-refractivity contribution in [2.45, 2.75) is 25.9 Å². The van der Waals surface area contributed by atoms with Gasteiger partial charge in [0.2, 0.25) is 0 Å². The summed E-state index contributed by atoms with van der Waals surface area (Å²) >= 11 is -1.91. The Hall–Kier alpha value is 2.00. The van der Waals surface area contributed by atoms with Gasteiger partial charge < -0.3 is 10.6 Å². The minimum absolute atomic E-state index is 0. The fourth-order valence-electron chi connectivity index (χ4n) is 2.55. The van der Waals surface area contributed by atoms with E-state index < -0.39 is 19.6 Å². The monoisotopic (exact) mass is 554 g/mol. The number of hydrogen-bond donors (Lipinski definition) is 2. The zero-order valence-corrected chi connectivity index (χ0v) is 19.5. The van der Waals surface area contributed by atoms with Crippen molar-refractivity contribution in [2.24, 2.45) is 0 Å². The number of carbonyl (C=O) groups excluding carboxylic acids is 1. The first kappa shape index (κ1) is 29.0. The summed E-state index contributed by atoms with van der Waals surface area (Å²) in [5.41, 5.74) is 0.859. The predicted octanol–water partition coefficient (Wildman–Crippen LogP) is 2.45. The first-order valence-corrected chi connectivity index (χ1v) is 13.7. The quantitative estimate of drug-likeness (QED) is 0.444. The zero-order valence-electron chi connectivity index (χ0n) is 14.9. The van der Waals surface area contributed by atoms with Crippen molar-refractivity contribution in [3.8, 4) is 5.75 Å². The van der Waals surface area contributed by atoms with Crippen LogP contribution in [0.2, 0.25) is 0 Å². The van der Waals surface area contributed by atoms with Crippen molar-refractivity contribution in [3.05, 3.63) is 36.5 Å². The van der Waals surface area contributed by atoms with Crippen LogP contribution < -0.4 is 15.4 Å². The third kappa shape index (κ3) is 11.3. The Morgan fingerprint density at radius 1 is 1.22 bits per heavy atom. The van der Waals surface area contributed by atoms with Crippen LogP contribution in [0.15, 0.2) is 24.3 Å². The van der Waals surface area contributed by atoms with Crippen LogP contribution in [-0.4, -0.2) is 47.7 Å². The summed E-state index contributed by atoms with van der Waals surface area (Å²) in [7, 11) is 11.8. The molecule has 2 fully saturated rings. The first-order chi connectivity index (χ1) is 12.1. The van der Waals surface area contributed by atoms with Gasteiger partial charge in [0.25, 0.3) is 0 Å². The largest absolute Gasteiger partial charge is 0.455 e.